The van der Waals surface area contributed by atoms with E-state index in [4.69, 9.17) is 16.3 Å². The van der Waals surface area contributed by atoms with Crippen LogP contribution in [0, 0.1) is 17.1 Å². The van der Waals surface area contributed by atoms with Crippen LogP contribution in [0.25, 0.3) is 22.0 Å². The number of aromatic nitrogens is 3. The van der Waals surface area contributed by atoms with Gasteiger partial charge in [0.25, 0.3) is 0 Å². The fraction of sp³-hybridized carbons (Fsp3) is 0.130. The zero-order valence-electron chi connectivity index (χ0n) is 16.4. The van der Waals surface area contributed by atoms with E-state index in [1.165, 1.54) is 19.5 Å². The van der Waals surface area contributed by atoms with Gasteiger partial charge in [-0.2, -0.15) is 5.26 Å². The van der Waals surface area contributed by atoms with Crippen LogP contribution in [-0.2, 0) is 6.42 Å². The van der Waals surface area contributed by atoms with E-state index >= 15 is 0 Å². The Hall–Kier alpha value is -3.76. The van der Waals surface area contributed by atoms with Crippen LogP contribution in [0.2, 0.25) is 5.02 Å². The van der Waals surface area contributed by atoms with E-state index in [2.05, 4.69) is 21.0 Å². The number of pyridine rings is 1. The van der Waals surface area contributed by atoms with Gasteiger partial charge in [-0.3, -0.25) is 0 Å². The summed E-state index contributed by atoms with van der Waals surface area (Å²) in [4.78, 5) is 15.2. The van der Waals surface area contributed by atoms with E-state index in [0.717, 1.165) is 39.1 Å². The minimum absolute atomic E-state index is 0.0815. The number of nitriles is 1. The molecular weight excluding hydrogens is 417 g/mol. The normalized spacial score (nSPS) is 12.6. The summed E-state index contributed by atoms with van der Waals surface area (Å²) >= 11 is 6.04. The first-order valence-corrected chi connectivity index (χ1v) is 9.91. The summed E-state index contributed by atoms with van der Waals surface area (Å²) in [5, 5.41) is 10.3. The third kappa shape index (κ3) is 3.22. The number of anilines is 2. The molecule has 0 saturated heterocycles. The highest BCUT2D eigenvalue weighted by Crippen LogP contribution is 2.39. The van der Waals surface area contributed by atoms with Crippen molar-refractivity contribution in [2.24, 2.45) is 0 Å². The van der Waals surface area contributed by atoms with Crippen LogP contribution in [0.3, 0.4) is 0 Å². The number of fused-ring (bicyclic) bond motifs is 2. The molecule has 0 atom stereocenters. The Kier molecular flexibility index (Phi) is 4.64. The van der Waals surface area contributed by atoms with Crippen molar-refractivity contribution in [3.05, 3.63) is 70.9 Å². The molecule has 0 radical (unpaired) electrons. The van der Waals surface area contributed by atoms with Gasteiger partial charge in [-0.25, -0.2) is 19.3 Å². The Bertz CT molecular complexity index is 1380. The summed E-state index contributed by atoms with van der Waals surface area (Å²) in [5.41, 5.74) is 4.51. The molecule has 5 rings (SSSR count). The quantitative estimate of drug-likeness (QED) is 0.451. The van der Waals surface area contributed by atoms with Gasteiger partial charge in [0, 0.05) is 29.4 Å². The molecule has 0 unspecified atom stereocenters. The maximum atomic E-state index is 13.9. The number of halogens is 2. The lowest BCUT2D eigenvalue weighted by Crippen LogP contribution is -2.15. The lowest BCUT2D eigenvalue weighted by atomic mass is 10.0. The molecule has 4 aromatic rings. The maximum absolute atomic E-state index is 13.9. The Morgan fingerprint density at radius 1 is 1.13 bits per heavy atom. The Labute approximate surface area is 182 Å². The SMILES string of the molecule is COc1ncc(-c2ccc3ncnc(N4CCc5cc(F)c(Cl)cc54)c3c2)cc1C#N. The lowest BCUT2D eigenvalue weighted by molar-refractivity contribution is 0.396. The van der Waals surface area contributed by atoms with Crippen LogP contribution in [0.4, 0.5) is 15.9 Å². The van der Waals surface area contributed by atoms with E-state index in [1.54, 1.807) is 18.3 Å². The van der Waals surface area contributed by atoms with Gasteiger partial charge >= 0.3 is 0 Å². The smallest absolute Gasteiger partial charge is 0.231 e. The van der Waals surface area contributed by atoms with Crippen molar-refractivity contribution >= 4 is 34.0 Å². The summed E-state index contributed by atoms with van der Waals surface area (Å²) in [6.07, 6.45) is 3.88. The van der Waals surface area contributed by atoms with Crippen molar-refractivity contribution in [1.82, 2.24) is 15.0 Å². The van der Waals surface area contributed by atoms with E-state index in [9.17, 15) is 9.65 Å². The van der Waals surface area contributed by atoms with Crippen LogP contribution in [0.15, 0.2) is 48.9 Å². The van der Waals surface area contributed by atoms with Crippen molar-refractivity contribution in [2.75, 3.05) is 18.6 Å². The summed E-state index contributed by atoms with van der Waals surface area (Å²) in [7, 11) is 1.48. The minimum atomic E-state index is -0.419. The van der Waals surface area contributed by atoms with Crippen LogP contribution in [0.1, 0.15) is 11.1 Å². The van der Waals surface area contributed by atoms with Crippen LogP contribution < -0.4 is 9.64 Å². The van der Waals surface area contributed by atoms with Crippen molar-refractivity contribution in [2.45, 2.75) is 6.42 Å². The van der Waals surface area contributed by atoms with E-state index in [1.807, 2.05) is 23.1 Å². The molecule has 1 aliphatic heterocycles. The molecule has 8 heteroatoms. The highest BCUT2D eigenvalue weighted by atomic mass is 35.5. The van der Waals surface area contributed by atoms with Crippen molar-refractivity contribution < 1.29 is 9.13 Å². The van der Waals surface area contributed by atoms with Gasteiger partial charge < -0.3 is 9.64 Å². The largest absolute Gasteiger partial charge is 0.480 e. The Balaban J connectivity index is 1.65. The highest BCUT2D eigenvalue weighted by molar-refractivity contribution is 6.31. The number of hydrogen-bond acceptors (Lipinski definition) is 6. The average Bonchev–Trinajstić information content (AvgIpc) is 3.20. The average molecular weight is 432 g/mol. The molecule has 2 aromatic carbocycles. The molecular formula is C23H15ClFN5O. The summed E-state index contributed by atoms with van der Waals surface area (Å²) in [5.74, 6) is 0.585. The number of hydrogen-bond donors (Lipinski definition) is 0. The van der Waals surface area contributed by atoms with Gasteiger partial charge in [-0.05, 0) is 47.9 Å². The second-order valence-electron chi connectivity index (χ2n) is 7.12. The van der Waals surface area contributed by atoms with Gasteiger partial charge in [-0.1, -0.05) is 17.7 Å². The van der Waals surface area contributed by atoms with Gasteiger partial charge in [0.15, 0.2) is 0 Å². The third-order valence-electron chi connectivity index (χ3n) is 5.39. The number of benzene rings is 2. The summed E-state index contributed by atoms with van der Waals surface area (Å²) in [6, 6.07) is 12.8. The third-order valence-corrected chi connectivity index (χ3v) is 5.67. The number of rotatable bonds is 3. The molecule has 0 spiro atoms. The maximum Gasteiger partial charge on any atom is 0.231 e. The predicted molar refractivity (Wildman–Crippen MR) is 116 cm³/mol. The van der Waals surface area contributed by atoms with Crippen LogP contribution in [-0.4, -0.2) is 28.6 Å². The molecule has 0 fully saturated rings. The molecule has 0 bridgehead atoms. The summed E-state index contributed by atoms with van der Waals surface area (Å²) < 4.78 is 19.0. The molecule has 0 N–H and O–H groups in total. The predicted octanol–water partition coefficient (Wildman–Crippen LogP) is 5.06. The molecule has 6 nitrogen and oxygen atoms in total. The molecule has 31 heavy (non-hydrogen) atoms. The zero-order valence-corrected chi connectivity index (χ0v) is 17.2. The van der Waals surface area contributed by atoms with Crippen LogP contribution in [0.5, 0.6) is 5.88 Å². The van der Waals surface area contributed by atoms with Crippen molar-refractivity contribution in [3.8, 4) is 23.1 Å². The molecule has 1 aliphatic rings. The topological polar surface area (TPSA) is 74.9 Å². The monoisotopic (exact) mass is 431 g/mol. The van der Waals surface area contributed by atoms with E-state index in [0.29, 0.717) is 18.5 Å². The molecule has 152 valence electrons. The van der Waals surface area contributed by atoms with Gasteiger partial charge in [0.2, 0.25) is 5.88 Å². The first-order chi connectivity index (χ1) is 15.1. The van der Waals surface area contributed by atoms with Gasteiger partial charge in [0.1, 0.15) is 29.6 Å². The summed E-state index contributed by atoms with van der Waals surface area (Å²) in [6.45, 7) is 0.661. The first kappa shape index (κ1) is 19.2. The standard InChI is InChI=1S/C23H15ClFN5O/c1-31-23-15(10-26)6-16(11-27-23)13-2-3-20-17(7-13)22(29-12-28-20)30-5-4-14-8-19(25)18(24)9-21(14)30/h2-3,6-9,11-12H,4-5H2,1H3. The van der Waals surface area contributed by atoms with Crippen molar-refractivity contribution in [1.29, 1.82) is 5.26 Å². The number of nitrogens with zero attached hydrogens (tertiary/aromatic N) is 5. The lowest BCUT2D eigenvalue weighted by Gasteiger charge is -2.20. The van der Waals surface area contributed by atoms with E-state index < -0.39 is 5.82 Å². The second kappa shape index (κ2) is 7.49. The fourth-order valence-corrected chi connectivity index (χ4v) is 4.05. The molecule has 0 saturated carbocycles. The van der Waals surface area contributed by atoms with Gasteiger partial charge in [0.05, 0.1) is 17.6 Å². The Morgan fingerprint density at radius 3 is 2.81 bits per heavy atom. The first-order valence-electron chi connectivity index (χ1n) is 9.54. The highest BCUT2D eigenvalue weighted by Gasteiger charge is 2.25. The molecule has 0 aliphatic carbocycles. The van der Waals surface area contributed by atoms with Crippen LogP contribution >= 0.6 is 11.6 Å². The fourth-order valence-electron chi connectivity index (χ4n) is 3.89. The molecule has 2 aromatic heterocycles. The molecule has 3 heterocycles. The number of methoxy groups -OCH3 is 1. The van der Waals surface area contributed by atoms with Gasteiger partial charge in [-0.15, -0.1) is 0 Å². The van der Waals surface area contributed by atoms with Crippen molar-refractivity contribution in [3.63, 3.8) is 0 Å². The minimum Gasteiger partial charge on any atom is -0.480 e. The second-order valence-corrected chi connectivity index (χ2v) is 7.53. The molecule has 0 amide bonds. The zero-order chi connectivity index (χ0) is 21.5. The Morgan fingerprint density at radius 2 is 2.00 bits per heavy atom. The van der Waals surface area contributed by atoms with E-state index in [-0.39, 0.29) is 10.9 Å². The number of ether oxygens (including phenoxy) is 1.